The fourth-order valence-corrected chi connectivity index (χ4v) is 3.81. The maximum Gasteiger partial charge on any atom is 0.335 e. The number of rotatable bonds is 6. The van der Waals surface area contributed by atoms with E-state index in [4.69, 9.17) is 15.3 Å². The van der Waals surface area contributed by atoms with Gasteiger partial charge in [-0.25, -0.2) is 17.9 Å². The Morgan fingerprint density at radius 3 is 2.30 bits per heavy atom. The molecule has 9 heteroatoms. The molecule has 1 aromatic rings. The molecule has 0 aromatic heterocycles. The van der Waals surface area contributed by atoms with E-state index in [1.807, 2.05) is 0 Å². The maximum atomic E-state index is 12.2. The summed E-state index contributed by atoms with van der Waals surface area (Å²) >= 11 is 3.00. The third-order valence-corrected chi connectivity index (χ3v) is 5.16. The number of aliphatic hydroxyl groups is 2. The summed E-state index contributed by atoms with van der Waals surface area (Å²) < 4.78 is 26.6. The van der Waals surface area contributed by atoms with Crippen LogP contribution >= 0.6 is 15.9 Å². The number of aliphatic hydroxyl groups excluding tert-OH is 2. The third-order valence-electron chi connectivity index (χ3n) is 2.55. The lowest BCUT2D eigenvalue weighted by atomic mass is 10.1. The summed E-state index contributed by atoms with van der Waals surface area (Å²) in [7, 11) is -4.03. The summed E-state index contributed by atoms with van der Waals surface area (Å²) in [6.45, 7) is 0.158. The molecule has 0 saturated heterocycles. The summed E-state index contributed by atoms with van der Waals surface area (Å²) in [6, 6.07) is 3.44. The van der Waals surface area contributed by atoms with Gasteiger partial charge in [-0.3, -0.25) is 0 Å². The SMILES string of the molecule is CC(CO)(CO)NS(=O)(=O)c1ccc(C(=O)O)cc1Br. The zero-order valence-corrected chi connectivity index (χ0v) is 12.9. The topological polar surface area (TPSA) is 124 Å². The van der Waals surface area contributed by atoms with Crippen LogP contribution in [-0.2, 0) is 10.0 Å². The Labute approximate surface area is 124 Å². The van der Waals surface area contributed by atoms with Crippen LogP contribution < -0.4 is 4.72 Å². The molecule has 1 aromatic carbocycles. The van der Waals surface area contributed by atoms with E-state index in [0.717, 1.165) is 18.2 Å². The van der Waals surface area contributed by atoms with Gasteiger partial charge in [-0.15, -0.1) is 0 Å². The zero-order valence-electron chi connectivity index (χ0n) is 10.5. The highest BCUT2D eigenvalue weighted by Gasteiger charge is 2.30. The molecule has 0 amide bonds. The van der Waals surface area contributed by atoms with E-state index in [1.54, 1.807) is 0 Å². The van der Waals surface area contributed by atoms with Crippen molar-refractivity contribution in [2.45, 2.75) is 17.4 Å². The zero-order chi connectivity index (χ0) is 15.6. The number of carboxylic acids is 1. The molecule has 20 heavy (non-hydrogen) atoms. The predicted molar refractivity (Wildman–Crippen MR) is 74.0 cm³/mol. The van der Waals surface area contributed by atoms with Crippen molar-refractivity contribution in [2.24, 2.45) is 0 Å². The molecule has 112 valence electrons. The molecule has 0 aliphatic carbocycles. The number of hydrogen-bond donors (Lipinski definition) is 4. The molecule has 0 atom stereocenters. The van der Waals surface area contributed by atoms with Crippen LogP contribution in [0.5, 0.6) is 0 Å². The highest BCUT2D eigenvalue weighted by molar-refractivity contribution is 9.10. The summed E-state index contributed by atoms with van der Waals surface area (Å²) in [5.41, 5.74) is -1.48. The van der Waals surface area contributed by atoms with Crippen LogP contribution in [0.2, 0.25) is 0 Å². The van der Waals surface area contributed by atoms with Crippen molar-refractivity contribution in [3.05, 3.63) is 28.2 Å². The minimum Gasteiger partial charge on any atom is -0.478 e. The highest BCUT2D eigenvalue weighted by atomic mass is 79.9. The number of hydrogen-bond acceptors (Lipinski definition) is 5. The third kappa shape index (κ3) is 3.76. The molecule has 0 heterocycles. The van der Waals surface area contributed by atoms with Crippen molar-refractivity contribution in [2.75, 3.05) is 13.2 Å². The Kier molecular flexibility index (Phi) is 5.27. The number of nitrogens with one attached hydrogen (secondary N) is 1. The van der Waals surface area contributed by atoms with Gasteiger partial charge in [0, 0.05) is 4.47 Å². The van der Waals surface area contributed by atoms with E-state index in [2.05, 4.69) is 20.7 Å². The van der Waals surface area contributed by atoms with Gasteiger partial charge in [0.2, 0.25) is 10.0 Å². The first-order chi connectivity index (χ1) is 9.15. The minimum absolute atomic E-state index is 0.0668. The van der Waals surface area contributed by atoms with E-state index in [1.165, 1.54) is 6.92 Å². The molecular formula is C11H14BrNO6S. The van der Waals surface area contributed by atoms with Crippen LogP contribution in [0, 0.1) is 0 Å². The van der Waals surface area contributed by atoms with Crippen molar-refractivity contribution < 1.29 is 28.5 Å². The Morgan fingerprint density at radius 2 is 1.90 bits per heavy atom. The summed E-state index contributed by atoms with van der Waals surface area (Å²) in [6.07, 6.45) is 0. The Balaban J connectivity index is 3.20. The van der Waals surface area contributed by atoms with Crippen molar-refractivity contribution in [3.8, 4) is 0 Å². The number of sulfonamides is 1. The van der Waals surface area contributed by atoms with E-state index in [-0.39, 0.29) is 14.9 Å². The van der Waals surface area contributed by atoms with Gasteiger partial charge in [-0.2, -0.15) is 0 Å². The summed E-state index contributed by atoms with van der Waals surface area (Å²) in [5, 5.41) is 27.0. The van der Waals surface area contributed by atoms with Crippen molar-refractivity contribution in [1.82, 2.24) is 4.72 Å². The molecule has 0 aliphatic rings. The van der Waals surface area contributed by atoms with Crippen LogP contribution in [0.3, 0.4) is 0 Å². The Bertz CT molecular complexity index is 611. The van der Waals surface area contributed by atoms with Crippen molar-refractivity contribution >= 4 is 31.9 Å². The van der Waals surface area contributed by atoms with Crippen LogP contribution in [-0.4, -0.2) is 48.5 Å². The first-order valence-corrected chi connectivity index (χ1v) is 7.71. The average molecular weight is 368 g/mol. The molecule has 1 rings (SSSR count). The lowest BCUT2D eigenvalue weighted by Gasteiger charge is -2.26. The lowest BCUT2D eigenvalue weighted by molar-refractivity contribution is 0.0696. The van der Waals surface area contributed by atoms with Gasteiger partial charge < -0.3 is 15.3 Å². The van der Waals surface area contributed by atoms with Crippen LogP contribution in [0.1, 0.15) is 17.3 Å². The fourth-order valence-electron chi connectivity index (χ4n) is 1.35. The second kappa shape index (κ2) is 6.19. The van der Waals surface area contributed by atoms with E-state index >= 15 is 0 Å². The normalized spacial score (nSPS) is 12.4. The summed E-state index contributed by atoms with van der Waals surface area (Å²) in [4.78, 5) is 10.6. The predicted octanol–water partition coefficient (Wildman–Crippen LogP) is 0.169. The van der Waals surface area contributed by atoms with Gasteiger partial charge in [-0.05, 0) is 41.1 Å². The first kappa shape index (κ1) is 17.1. The van der Waals surface area contributed by atoms with Gasteiger partial charge in [0.05, 0.1) is 29.2 Å². The van der Waals surface area contributed by atoms with Crippen molar-refractivity contribution in [3.63, 3.8) is 0 Å². The molecule has 0 radical (unpaired) electrons. The lowest BCUT2D eigenvalue weighted by Crippen LogP contribution is -2.51. The average Bonchev–Trinajstić information content (AvgIpc) is 2.37. The molecule has 0 spiro atoms. The van der Waals surface area contributed by atoms with Crippen LogP contribution in [0.15, 0.2) is 27.6 Å². The van der Waals surface area contributed by atoms with Gasteiger partial charge in [-0.1, -0.05) is 0 Å². The molecule has 0 fully saturated rings. The number of benzene rings is 1. The molecule has 0 bridgehead atoms. The van der Waals surface area contributed by atoms with Gasteiger partial charge >= 0.3 is 5.97 Å². The molecule has 0 saturated carbocycles. The number of carbonyl (C=O) groups is 1. The monoisotopic (exact) mass is 367 g/mol. The number of carboxylic acid groups (broad SMARTS) is 1. The Morgan fingerprint density at radius 1 is 1.35 bits per heavy atom. The molecule has 0 aliphatic heterocycles. The maximum absolute atomic E-state index is 12.2. The first-order valence-electron chi connectivity index (χ1n) is 5.44. The second-order valence-electron chi connectivity index (χ2n) is 4.43. The number of aromatic carboxylic acids is 1. The minimum atomic E-state index is -4.03. The van der Waals surface area contributed by atoms with Crippen LogP contribution in [0.25, 0.3) is 0 Å². The fraction of sp³-hybridized carbons (Fsp3) is 0.364. The number of halogens is 1. The highest BCUT2D eigenvalue weighted by Crippen LogP contribution is 2.24. The van der Waals surface area contributed by atoms with Crippen LogP contribution in [0.4, 0.5) is 0 Å². The second-order valence-corrected chi connectivity index (χ2v) is 6.94. The molecular weight excluding hydrogens is 354 g/mol. The summed E-state index contributed by atoms with van der Waals surface area (Å²) in [5.74, 6) is -1.18. The Hall–Kier alpha value is -1.00. The van der Waals surface area contributed by atoms with Crippen molar-refractivity contribution in [1.29, 1.82) is 0 Å². The molecule has 7 nitrogen and oxygen atoms in total. The van der Waals surface area contributed by atoms with Gasteiger partial charge in [0.15, 0.2) is 0 Å². The smallest absolute Gasteiger partial charge is 0.335 e. The standard InChI is InChI=1S/C11H14BrNO6S/c1-11(5-14,6-15)13-20(18,19)9-3-2-7(10(16)17)4-8(9)12/h2-4,13-15H,5-6H2,1H3,(H,16,17). The van der Waals surface area contributed by atoms with E-state index in [0.29, 0.717) is 0 Å². The molecule has 4 N–H and O–H groups in total. The van der Waals surface area contributed by atoms with Gasteiger partial charge in [0.25, 0.3) is 0 Å². The molecule has 0 unspecified atom stereocenters. The largest absolute Gasteiger partial charge is 0.478 e. The van der Waals surface area contributed by atoms with E-state index < -0.39 is 34.7 Å². The quantitative estimate of drug-likeness (QED) is 0.568. The van der Waals surface area contributed by atoms with E-state index in [9.17, 15) is 13.2 Å². The van der Waals surface area contributed by atoms with Gasteiger partial charge in [0.1, 0.15) is 0 Å².